The lowest BCUT2D eigenvalue weighted by atomic mass is 9.44. The third-order valence-corrected chi connectivity index (χ3v) is 13.9. The number of benzene rings is 3. The fourth-order valence-corrected chi connectivity index (χ4v) is 10.4. The van der Waals surface area contributed by atoms with Crippen molar-refractivity contribution in [2.24, 2.45) is 16.7 Å². The van der Waals surface area contributed by atoms with E-state index in [4.69, 9.17) is 21.1 Å². The Hall–Kier alpha value is -5.13. The van der Waals surface area contributed by atoms with E-state index < -0.39 is 24.0 Å². The minimum absolute atomic E-state index is 0.0209. The second-order valence-corrected chi connectivity index (χ2v) is 19.2. The lowest BCUT2D eigenvalue weighted by Crippen LogP contribution is -2.66. The summed E-state index contributed by atoms with van der Waals surface area (Å²) in [5, 5.41) is 25.3. The Morgan fingerprint density at radius 3 is 2.32 bits per heavy atom. The Labute approximate surface area is 379 Å². The molecular formula is C49H58ClN5O7S. The molecule has 3 amide bonds. The summed E-state index contributed by atoms with van der Waals surface area (Å²) in [6, 6.07) is 22.1. The van der Waals surface area contributed by atoms with Gasteiger partial charge in [-0.25, -0.2) is 4.98 Å². The van der Waals surface area contributed by atoms with Crippen molar-refractivity contribution in [3.63, 3.8) is 0 Å². The zero-order chi connectivity index (χ0) is 45.3. The summed E-state index contributed by atoms with van der Waals surface area (Å²) < 4.78 is 11.9. The molecule has 1 saturated carbocycles. The number of Topliss-reactive ketones (excluding diaryl/α,β-unsaturated/α-hetero) is 1. The van der Waals surface area contributed by atoms with Crippen molar-refractivity contribution in [2.45, 2.75) is 104 Å². The van der Waals surface area contributed by atoms with Crippen LogP contribution >= 0.6 is 22.9 Å². The number of halogens is 1. The van der Waals surface area contributed by atoms with Crippen LogP contribution in [-0.2, 0) is 32.1 Å². The van der Waals surface area contributed by atoms with E-state index in [2.05, 4.69) is 49.4 Å². The van der Waals surface area contributed by atoms with E-state index in [9.17, 15) is 29.5 Å². The number of hydrogen-bond acceptors (Lipinski definition) is 10. The molecule has 2 aliphatic rings. The maximum absolute atomic E-state index is 13.4. The van der Waals surface area contributed by atoms with Crippen LogP contribution in [0, 0.1) is 35.0 Å². The Bertz CT molecular complexity index is 2270. The van der Waals surface area contributed by atoms with Gasteiger partial charge in [-0.2, -0.15) is 5.26 Å². The van der Waals surface area contributed by atoms with Gasteiger partial charge >= 0.3 is 0 Å². The number of nitriles is 1. The standard InChI is InChI=1S/C49H58ClN5O7S/c1-31-45(63-30-54-31)35-17-13-33(14-18-35)26-53-46(60)40-22-37(56)28-55(40)44(59)27-52-43(58)29-61-21-9-7-6-8-10-32-11-15-34(16-12-32)41(57)24-42-48(2,3)47(49(42,4)5)62-38-20-19-36(25-51)39(50)23-38/h11-20,23,30,37,40,42,47,56H,6-10,21-22,24,26-29H2,1-5H3,(H,52,58)(H,53,60)/t37-,40+,42?,47?/m1/s1. The van der Waals surface area contributed by atoms with Crippen LogP contribution in [0.15, 0.2) is 72.2 Å². The van der Waals surface area contributed by atoms with Crippen molar-refractivity contribution in [3.05, 3.63) is 105 Å². The number of ketones is 1. The second-order valence-electron chi connectivity index (χ2n) is 17.9. The molecule has 2 fully saturated rings. The number of likely N-dealkylation sites (tertiary alicyclic amines) is 1. The number of nitrogens with one attached hydrogen (secondary N) is 2. The van der Waals surface area contributed by atoms with Crippen LogP contribution in [-0.4, -0.2) is 83.0 Å². The average Bonchev–Trinajstić information content (AvgIpc) is 3.89. The highest BCUT2D eigenvalue weighted by Gasteiger charge is 2.63. The number of thiazole rings is 1. The van der Waals surface area contributed by atoms with Crippen molar-refractivity contribution in [3.8, 4) is 22.3 Å². The van der Waals surface area contributed by atoms with E-state index in [0.717, 1.165) is 53.8 Å². The molecule has 14 heteroatoms. The predicted octanol–water partition coefficient (Wildman–Crippen LogP) is 7.86. The summed E-state index contributed by atoms with van der Waals surface area (Å²) in [5.74, 6) is -0.379. The number of amides is 3. The van der Waals surface area contributed by atoms with Crippen LogP contribution in [0.1, 0.15) is 99.0 Å². The fraction of sp³-hybridized carbons (Fsp3) is 0.469. The highest BCUT2D eigenvalue weighted by molar-refractivity contribution is 7.13. The van der Waals surface area contributed by atoms with E-state index in [1.54, 1.807) is 29.5 Å². The molecule has 3 N–H and O–H groups in total. The summed E-state index contributed by atoms with van der Waals surface area (Å²) in [4.78, 5) is 58.7. The highest BCUT2D eigenvalue weighted by atomic mass is 35.5. The minimum atomic E-state index is -0.828. The third kappa shape index (κ3) is 11.7. The molecule has 334 valence electrons. The Kier molecular flexibility index (Phi) is 15.8. The first-order chi connectivity index (χ1) is 30.1. The number of aliphatic hydroxyl groups is 1. The molecule has 1 saturated heterocycles. The van der Waals surface area contributed by atoms with Crippen LogP contribution in [0.4, 0.5) is 0 Å². The number of nitrogens with zero attached hydrogens (tertiary/aromatic N) is 3. The lowest BCUT2D eigenvalue weighted by Gasteiger charge is -2.63. The summed E-state index contributed by atoms with van der Waals surface area (Å²) in [7, 11) is 0. The van der Waals surface area contributed by atoms with Crippen LogP contribution in [0.2, 0.25) is 5.02 Å². The molecule has 2 heterocycles. The molecule has 0 radical (unpaired) electrons. The molecule has 1 aliphatic carbocycles. The van der Waals surface area contributed by atoms with Crippen molar-refractivity contribution in [2.75, 3.05) is 26.3 Å². The van der Waals surface area contributed by atoms with Gasteiger partial charge in [0.15, 0.2) is 5.78 Å². The summed E-state index contributed by atoms with van der Waals surface area (Å²) in [5.41, 5.74) is 6.53. The molecule has 2 atom stereocenters. The van der Waals surface area contributed by atoms with Crippen LogP contribution < -0.4 is 15.4 Å². The number of hydrogen-bond donors (Lipinski definition) is 3. The normalized spacial score (nSPS) is 19.7. The number of aryl methyl sites for hydroxylation is 2. The fourth-order valence-electron chi connectivity index (χ4n) is 9.35. The number of rotatable bonds is 20. The molecular weight excluding hydrogens is 838 g/mol. The van der Waals surface area contributed by atoms with Crippen molar-refractivity contribution in [1.82, 2.24) is 20.5 Å². The van der Waals surface area contributed by atoms with Gasteiger partial charge in [0.25, 0.3) is 0 Å². The van der Waals surface area contributed by atoms with Gasteiger partial charge in [-0.15, -0.1) is 11.3 Å². The van der Waals surface area contributed by atoms with E-state index in [1.807, 2.05) is 61.0 Å². The highest BCUT2D eigenvalue weighted by Crippen LogP contribution is 2.61. The predicted molar refractivity (Wildman–Crippen MR) is 243 cm³/mol. The maximum Gasteiger partial charge on any atom is 0.246 e. The summed E-state index contributed by atoms with van der Waals surface area (Å²) >= 11 is 7.82. The molecule has 63 heavy (non-hydrogen) atoms. The van der Waals surface area contributed by atoms with Gasteiger partial charge in [-0.05, 0) is 60.9 Å². The number of carbonyl (C=O) groups is 4. The largest absolute Gasteiger partial charge is 0.489 e. The average molecular weight is 897 g/mol. The molecule has 12 nitrogen and oxygen atoms in total. The van der Waals surface area contributed by atoms with E-state index in [-0.39, 0.29) is 67.2 Å². The van der Waals surface area contributed by atoms with Gasteiger partial charge in [0, 0.05) is 55.0 Å². The molecule has 4 aromatic rings. The van der Waals surface area contributed by atoms with Crippen molar-refractivity contribution < 1.29 is 33.8 Å². The number of aliphatic hydroxyl groups excluding tert-OH is 1. The molecule has 1 aliphatic heterocycles. The number of aromatic nitrogens is 1. The molecule has 0 unspecified atom stereocenters. The van der Waals surface area contributed by atoms with Crippen molar-refractivity contribution >= 4 is 46.4 Å². The third-order valence-electron chi connectivity index (χ3n) is 12.6. The van der Waals surface area contributed by atoms with E-state index in [1.165, 1.54) is 10.5 Å². The molecule has 0 bridgehead atoms. The first-order valence-electron chi connectivity index (χ1n) is 21.7. The first-order valence-corrected chi connectivity index (χ1v) is 22.9. The Morgan fingerprint density at radius 1 is 0.952 bits per heavy atom. The van der Waals surface area contributed by atoms with Crippen LogP contribution in [0.25, 0.3) is 10.4 Å². The van der Waals surface area contributed by atoms with Gasteiger partial charge in [0.05, 0.1) is 39.3 Å². The quantitative estimate of drug-likeness (QED) is 0.0590. The van der Waals surface area contributed by atoms with E-state index >= 15 is 0 Å². The number of β-amino-alcohol motifs (C(OH)–C–C–N with tert-alkyl or cyclic N) is 1. The van der Waals surface area contributed by atoms with Gasteiger partial charge < -0.3 is 30.1 Å². The zero-order valence-electron chi connectivity index (χ0n) is 36.7. The second kappa shape index (κ2) is 21.0. The smallest absolute Gasteiger partial charge is 0.246 e. The minimum Gasteiger partial charge on any atom is -0.489 e. The lowest BCUT2D eigenvalue weighted by molar-refractivity contribution is -0.196. The summed E-state index contributed by atoms with van der Waals surface area (Å²) in [6.07, 6.45) is 4.19. The SMILES string of the molecule is Cc1ncsc1-c1ccc(CNC(=O)[C@@H]2C[C@@H](O)CN2C(=O)CNC(=O)COCCCCCCc2ccc(C(=O)CC3C(C)(C)C(Oc4ccc(C#N)c(Cl)c4)C3(C)C)cc2)cc1. The topological polar surface area (TPSA) is 171 Å². The van der Waals surface area contributed by atoms with E-state index in [0.29, 0.717) is 34.9 Å². The maximum atomic E-state index is 13.4. The van der Waals surface area contributed by atoms with Crippen molar-refractivity contribution in [1.29, 1.82) is 5.26 Å². The van der Waals surface area contributed by atoms with Gasteiger partial charge in [0.1, 0.15) is 30.6 Å². The number of unbranched alkanes of at least 4 members (excludes halogenated alkanes) is 3. The first kappa shape index (κ1) is 47.4. The Morgan fingerprint density at radius 2 is 1.65 bits per heavy atom. The molecule has 3 aromatic carbocycles. The van der Waals surface area contributed by atoms with Gasteiger partial charge in [-0.3, -0.25) is 19.2 Å². The summed E-state index contributed by atoms with van der Waals surface area (Å²) in [6.45, 7) is 10.8. The Balaban J connectivity index is 0.823. The monoisotopic (exact) mass is 895 g/mol. The number of carbonyl (C=O) groups excluding carboxylic acids is 4. The van der Waals surface area contributed by atoms with Gasteiger partial charge in [-0.1, -0.05) is 101 Å². The molecule has 1 aromatic heterocycles. The van der Waals surface area contributed by atoms with Crippen LogP contribution in [0.5, 0.6) is 5.75 Å². The molecule has 6 rings (SSSR count). The number of ether oxygens (including phenoxy) is 2. The zero-order valence-corrected chi connectivity index (χ0v) is 38.3. The van der Waals surface area contributed by atoms with Gasteiger partial charge in [0.2, 0.25) is 17.7 Å². The molecule has 0 spiro atoms. The van der Waals surface area contributed by atoms with Crippen LogP contribution in [0.3, 0.4) is 0 Å².